The maximum absolute atomic E-state index is 11.7. The van der Waals surface area contributed by atoms with Crippen LogP contribution in [0.25, 0.3) is 0 Å². The molecular weight excluding hydrogens is 222 g/mol. The van der Waals surface area contributed by atoms with Gasteiger partial charge in [-0.15, -0.1) is 0 Å². The quantitative estimate of drug-likeness (QED) is 0.796. The second kappa shape index (κ2) is 5.43. The van der Waals surface area contributed by atoms with Gasteiger partial charge in [0.1, 0.15) is 11.5 Å². The Balaban J connectivity index is 2.58. The van der Waals surface area contributed by atoms with E-state index >= 15 is 0 Å². The predicted molar refractivity (Wildman–Crippen MR) is 67.6 cm³/mol. The highest BCUT2D eigenvalue weighted by molar-refractivity contribution is 7.81. The molecule has 0 saturated carbocycles. The van der Waals surface area contributed by atoms with E-state index in [2.05, 4.69) is 17.9 Å². The number of aryl methyl sites for hydroxylation is 1. The Morgan fingerprint density at radius 2 is 2.00 bits per heavy atom. The van der Waals surface area contributed by atoms with Gasteiger partial charge in [-0.25, -0.2) is 0 Å². The third-order valence-electron chi connectivity index (χ3n) is 2.45. The van der Waals surface area contributed by atoms with Gasteiger partial charge in [0.2, 0.25) is 5.91 Å². The van der Waals surface area contributed by atoms with Crippen molar-refractivity contribution < 1.29 is 9.21 Å². The fourth-order valence-electron chi connectivity index (χ4n) is 1.36. The summed E-state index contributed by atoms with van der Waals surface area (Å²) in [7, 11) is 0. The van der Waals surface area contributed by atoms with Gasteiger partial charge in [-0.3, -0.25) is 4.79 Å². The van der Waals surface area contributed by atoms with E-state index in [-0.39, 0.29) is 23.1 Å². The van der Waals surface area contributed by atoms with Gasteiger partial charge >= 0.3 is 0 Å². The molecular formula is C12H19NO2S. The van der Waals surface area contributed by atoms with Crippen molar-refractivity contribution in [3.05, 3.63) is 23.7 Å². The number of amides is 1. The first-order valence-electron chi connectivity index (χ1n) is 5.46. The number of hydrogen-bond donors (Lipinski definition) is 2. The van der Waals surface area contributed by atoms with Crippen molar-refractivity contribution in [3.8, 4) is 0 Å². The minimum atomic E-state index is -0.279. The molecule has 1 amide bonds. The maximum atomic E-state index is 11.7. The summed E-state index contributed by atoms with van der Waals surface area (Å²) in [6.07, 6.45) is 0. The van der Waals surface area contributed by atoms with Crippen molar-refractivity contribution in [3.63, 3.8) is 0 Å². The zero-order chi connectivity index (χ0) is 12.3. The molecule has 0 aliphatic heterocycles. The van der Waals surface area contributed by atoms with E-state index in [1.165, 1.54) is 0 Å². The maximum Gasteiger partial charge on any atom is 0.233 e. The Morgan fingerprint density at radius 1 is 1.38 bits per heavy atom. The van der Waals surface area contributed by atoms with Crippen molar-refractivity contribution >= 4 is 18.5 Å². The van der Waals surface area contributed by atoms with E-state index < -0.39 is 0 Å². The Hall–Kier alpha value is -0.900. The summed E-state index contributed by atoms with van der Waals surface area (Å²) in [4.78, 5) is 11.7. The standard InChI is InChI=1S/C12H19NO2S/c1-7(2)11(16)12(14)13-9(4)10-6-5-8(3)15-10/h5-7,9,11,16H,1-4H3,(H,13,14). The summed E-state index contributed by atoms with van der Waals surface area (Å²) in [5, 5.41) is 2.60. The Labute approximate surface area is 102 Å². The van der Waals surface area contributed by atoms with Crippen molar-refractivity contribution in [1.29, 1.82) is 0 Å². The van der Waals surface area contributed by atoms with Crippen LogP contribution in [-0.4, -0.2) is 11.2 Å². The lowest BCUT2D eigenvalue weighted by molar-refractivity contribution is -0.121. The Kier molecular flexibility index (Phi) is 4.47. The summed E-state index contributed by atoms with van der Waals surface area (Å²) in [6.45, 7) is 7.72. The molecule has 90 valence electrons. The molecule has 0 radical (unpaired) electrons. The van der Waals surface area contributed by atoms with Gasteiger partial charge in [0.25, 0.3) is 0 Å². The lowest BCUT2D eigenvalue weighted by atomic mass is 10.1. The van der Waals surface area contributed by atoms with Crippen LogP contribution in [0.3, 0.4) is 0 Å². The molecule has 3 nitrogen and oxygen atoms in total. The van der Waals surface area contributed by atoms with Crippen LogP contribution >= 0.6 is 12.6 Å². The monoisotopic (exact) mass is 241 g/mol. The van der Waals surface area contributed by atoms with Gasteiger partial charge in [-0.05, 0) is 31.9 Å². The number of hydrogen-bond acceptors (Lipinski definition) is 3. The molecule has 0 fully saturated rings. The largest absolute Gasteiger partial charge is 0.464 e. The van der Waals surface area contributed by atoms with Crippen LogP contribution < -0.4 is 5.32 Å². The fraction of sp³-hybridized carbons (Fsp3) is 0.583. The smallest absolute Gasteiger partial charge is 0.233 e. The summed E-state index contributed by atoms with van der Waals surface area (Å²) in [5.74, 6) is 1.78. The molecule has 1 aromatic heterocycles. The van der Waals surface area contributed by atoms with Crippen LogP contribution in [0.15, 0.2) is 16.5 Å². The first-order chi connectivity index (χ1) is 7.41. The SMILES string of the molecule is Cc1ccc(C(C)NC(=O)C(S)C(C)C)o1. The lowest BCUT2D eigenvalue weighted by Gasteiger charge is -2.17. The van der Waals surface area contributed by atoms with Gasteiger partial charge < -0.3 is 9.73 Å². The zero-order valence-corrected chi connectivity index (χ0v) is 11.0. The molecule has 1 heterocycles. The molecule has 1 aromatic rings. The molecule has 1 rings (SSSR count). The number of carbonyl (C=O) groups is 1. The summed E-state index contributed by atoms with van der Waals surface area (Å²) in [5.41, 5.74) is 0. The molecule has 4 heteroatoms. The van der Waals surface area contributed by atoms with Crippen LogP contribution in [0, 0.1) is 12.8 Å². The Morgan fingerprint density at radius 3 is 2.44 bits per heavy atom. The van der Waals surface area contributed by atoms with E-state index in [4.69, 9.17) is 4.42 Å². The van der Waals surface area contributed by atoms with Crippen LogP contribution in [0.5, 0.6) is 0 Å². The van der Waals surface area contributed by atoms with Crippen LogP contribution in [-0.2, 0) is 4.79 Å². The van der Waals surface area contributed by atoms with E-state index in [1.54, 1.807) is 0 Å². The number of rotatable bonds is 4. The van der Waals surface area contributed by atoms with E-state index in [1.807, 2.05) is 39.8 Å². The average molecular weight is 241 g/mol. The van der Waals surface area contributed by atoms with Gasteiger partial charge in [-0.1, -0.05) is 13.8 Å². The summed E-state index contributed by atoms with van der Waals surface area (Å²) < 4.78 is 5.45. The molecule has 0 aliphatic rings. The van der Waals surface area contributed by atoms with Gasteiger partial charge in [0, 0.05) is 0 Å². The fourth-order valence-corrected chi connectivity index (χ4v) is 1.43. The van der Waals surface area contributed by atoms with Gasteiger partial charge in [-0.2, -0.15) is 12.6 Å². The minimum Gasteiger partial charge on any atom is -0.464 e. The summed E-state index contributed by atoms with van der Waals surface area (Å²) >= 11 is 4.27. The molecule has 2 unspecified atom stereocenters. The lowest BCUT2D eigenvalue weighted by Crippen LogP contribution is -2.35. The van der Waals surface area contributed by atoms with Crippen molar-refractivity contribution in [2.75, 3.05) is 0 Å². The van der Waals surface area contributed by atoms with Gasteiger partial charge in [0.15, 0.2) is 0 Å². The number of nitrogens with one attached hydrogen (secondary N) is 1. The first-order valence-corrected chi connectivity index (χ1v) is 5.98. The van der Waals surface area contributed by atoms with E-state index in [9.17, 15) is 4.79 Å². The molecule has 0 spiro atoms. The second-order valence-corrected chi connectivity index (χ2v) is 4.92. The van der Waals surface area contributed by atoms with Crippen molar-refractivity contribution in [2.24, 2.45) is 5.92 Å². The van der Waals surface area contributed by atoms with E-state index in [0.29, 0.717) is 0 Å². The van der Waals surface area contributed by atoms with Crippen molar-refractivity contribution in [2.45, 2.75) is 39.0 Å². The molecule has 0 aliphatic carbocycles. The molecule has 1 N–H and O–H groups in total. The minimum absolute atomic E-state index is 0.0557. The van der Waals surface area contributed by atoms with Crippen LogP contribution in [0.2, 0.25) is 0 Å². The molecule has 16 heavy (non-hydrogen) atoms. The summed E-state index contributed by atoms with van der Waals surface area (Å²) in [6, 6.07) is 3.65. The molecule has 0 aromatic carbocycles. The number of thiol groups is 1. The topological polar surface area (TPSA) is 42.2 Å². The number of carbonyl (C=O) groups excluding carboxylic acids is 1. The Bertz CT molecular complexity index is 360. The molecule has 2 atom stereocenters. The second-order valence-electron chi connectivity index (χ2n) is 4.37. The number of furan rings is 1. The predicted octanol–water partition coefficient (Wildman–Crippen LogP) is 2.72. The van der Waals surface area contributed by atoms with Crippen molar-refractivity contribution in [1.82, 2.24) is 5.32 Å². The zero-order valence-electron chi connectivity index (χ0n) is 10.2. The highest BCUT2D eigenvalue weighted by Crippen LogP contribution is 2.17. The van der Waals surface area contributed by atoms with E-state index in [0.717, 1.165) is 11.5 Å². The third-order valence-corrected chi connectivity index (χ3v) is 3.28. The van der Waals surface area contributed by atoms with Gasteiger partial charge in [0.05, 0.1) is 11.3 Å². The highest BCUT2D eigenvalue weighted by Gasteiger charge is 2.20. The highest BCUT2D eigenvalue weighted by atomic mass is 32.1. The molecule has 0 bridgehead atoms. The normalized spacial score (nSPS) is 14.9. The molecule has 0 saturated heterocycles. The average Bonchev–Trinajstić information content (AvgIpc) is 2.63. The van der Waals surface area contributed by atoms with Crippen LogP contribution in [0.4, 0.5) is 0 Å². The third kappa shape index (κ3) is 3.30. The van der Waals surface area contributed by atoms with Crippen LogP contribution in [0.1, 0.15) is 38.3 Å². The first kappa shape index (κ1) is 13.2.